The summed E-state index contributed by atoms with van der Waals surface area (Å²) in [5, 5.41) is 3.62. The summed E-state index contributed by atoms with van der Waals surface area (Å²) in [6, 6.07) is 5.34. The zero-order valence-electron chi connectivity index (χ0n) is 17.6. The molecule has 160 valence electrons. The van der Waals surface area contributed by atoms with E-state index in [1.54, 1.807) is 19.1 Å². The van der Waals surface area contributed by atoms with E-state index in [0.717, 1.165) is 57.3 Å². The molecule has 2 N–H and O–H groups in total. The molecule has 3 fully saturated rings. The number of benzene rings is 1. The number of H-pyrrole nitrogens is 1. The number of aryl methyl sites for hydroxylation is 1. The van der Waals surface area contributed by atoms with Crippen LogP contribution in [0.3, 0.4) is 0 Å². The first-order valence-electron chi connectivity index (χ1n) is 11.0. The number of aromatic amines is 1. The van der Waals surface area contributed by atoms with Gasteiger partial charge in [-0.25, -0.2) is 4.39 Å². The predicted octanol–water partition coefficient (Wildman–Crippen LogP) is 2.96. The third kappa shape index (κ3) is 3.11. The third-order valence-electron chi connectivity index (χ3n) is 7.44. The van der Waals surface area contributed by atoms with Crippen molar-refractivity contribution in [1.82, 2.24) is 20.1 Å². The van der Waals surface area contributed by atoms with Crippen LogP contribution in [0.1, 0.15) is 55.1 Å². The van der Waals surface area contributed by atoms with Crippen LogP contribution in [-0.4, -0.2) is 63.9 Å². The summed E-state index contributed by atoms with van der Waals surface area (Å²) in [6.45, 7) is 6.36. The number of likely N-dealkylation sites (tertiary alicyclic amines) is 2. The van der Waals surface area contributed by atoms with Gasteiger partial charge >= 0.3 is 0 Å². The van der Waals surface area contributed by atoms with Crippen molar-refractivity contribution in [1.29, 1.82) is 0 Å². The van der Waals surface area contributed by atoms with E-state index in [9.17, 15) is 14.0 Å². The van der Waals surface area contributed by atoms with E-state index in [0.29, 0.717) is 22.6 Å². The Morgan fingerprint density at radius 1 is 1.27 bits per heavy atom. The van der Waals surface area contributed by atoms with E-state index >= 15 is 0 Å². The minimum absolute atomic E-state index is 0.0777. The zero-order valence-corrected chi connectivity index (χ0v) is 17.6. The van der Waals surface area contributed by atoms with Crippen LogP contribution in [0.2, 0.25) is 0 Å². The van der Waals surface area contributed by atoms with E-state index < -0.39 is 0 Å². The summed E-state index contributed by atoms with van der Waals surface area (Å²) >= 11 is 0. The fourth-order valence-corrected chi connectivity index (χ4v) is 5.67. The van der Waals surface area contributed by atoms with Gasteiger partial charge in [0.05, 0.1) is 11.1 Å². The van der Waals surface area contributed by atoms with Crippen LogP contribution in [0.5, 0.6) is 0 Å². The Hall–Kier alpha value is -2.41. The number of nitrogens with zero attached hydrogens (tertiary/aromatic N) is 2. The number of hydrogen-bond donors (Lipinski definition) is 2. The van der Waals surface area contributed by atoms with Gasteiger partial charge in [0.2, 0.25) is 5.91 Å². The van der Waals surface area contributed by atoms with Crippen LogP contribution < -0.4 is 5.32 Å². The fourth-order valence-electron chi connectivity index (χ4n) is 5.67. The van der Waals surface area contributed by atoms with E-state index in [-0.39, 0.29) is 29.2 Å². The molecule has 1 aliphatic carbocycles. The van der Waals surface area contributed by atoms with Gasteiger partial charge < -0.3 is 15.2 Å². The third-order valence-corrected chi connectivity index (χ3v) is 7.44. The monoisotopic (exact) mass is 412 g/mol. The molecule has 0 bridgehead atoms. The Morgan fingerprint density at radius 2 is 2.07 bits per heavy atom. The maximum atomic E-state index is 14.1. The molecule has 0 radical (unpaired) electrons. The summed E-state index contributed by atoms with van der Waals surface area (Å²) in [4.78, 5) is 32.2. The molecule has 1 spiro atoms. The van der Waals surface area contributed by atoms with Crippen LogP contribution in [0.15, 0.2) is 18.2 Å². The Morgan fingerprint density at radius 3 is 2.73 bits per heavy atom. The number of carbonyl (C=O) groups excluding carboxylic acids is 2. The second kappa shape index (κ2) is 7.08. The molecule has 7 heteroatoms. The average Bonchev–Trinajstić information content (AvgIpc) is 3.10. The molecule has 1 aromatic carbocycles. The fraction of sp³-hybridized carbons (Fsp3) is 0.565. The molecule has 2 atom stereocenters. The minimum atomic E-state index is -0.314. The lowest BCUT2D eigenvalue weighted by atomic mass is 9.75. The normalized spacial score (nSPS) is 25.8. The van der Waals surface area contributed by atoms with Crippen LogP contribution in [-0.2, 0) is 4.79 Å². The van der Waals surface area contributed by atoms with Gasteiger partial charge in [0.1, 0.15) is 11.5 Å². The molecule has 2 saturated heterocycles. The van der Waals surface area contributed by atoms with E-state index in [4.69, 9.17) is 0 Å². The van der Waals surface area contributed by atoms with E-state index in [2.05, 4.69) is 15.2 Å². The number of nitrogens with one attached hydrogen (secondary N) is 2. The molecule has 2 aliphatic heterocycles. The molecule has 5 rings (SSSR count). The van der Waals surface area contributed by atoms with Gasteiger partial charge in [-0.3, -0.25) is 14.5 Å². The number of hydrogen-bond acceptors (Lipinski definition) is 3. The number of halogens is 1. The molecule has 1 aromatic heterocycles. The van der Waals surface area contributed by atoms with Crippen molar-refractivity contribution in [3.63, 3.8) is 0 Å². The first kappa shape index (κ1) is 19.5. The lowest BCUT2D eigenvalue weighted by Gasteiger charge is -2.64. The van der Waals surface area contributed by atoms with Crippen LogP contribution >= 0.6 is 0 Å². The van der Waals surface area contributed by atoms with E-state index in [1.807, 2.05) is 11.8 Å². The molecule has 2 amide bonds. The molecule has 1 saturated carbocycles. The van der Waals surface area contributed by atoms with Crippen molar-refractivity contribution in [3.05, 3.63) is 35.3 Å². The lowest BCUT2D eigenvalue weighted by Crippen LogP contribution is -2.79. The van der Waals surface area contributed by atoms with Gasteiger partial charge in [0.15, 0.2) is 0 Å². The van der Waals surface area contributed by atoms with Crippen molar-refractivity contribution < 1.29 is 14.0 Å². The Balaban J connectivity index is 1.21. The minimum Gasteiger partial charge on any atom is -0.350 e. The highest BCUT2D eigenvalue weighted by molar-refractivity contribution is 5.99. The quantitative estimate of drug-likeness (QED) is 0.815. The van der Waals surface area contributed by atoms with Gasteiger partial charge in [0.25, 0.3) is 5.91 Å². The predicted molar refractivity (Wildman–Crippen MR) is 113 cm³/mol. The van der Waals surface area contributed by atoms with Crippen molar-refractivity contribution in [2.24, 2.45) is 0 Å². The average molecular weight is 413 g/mol. The molecular weight excluding hydrogens is 383 g/mol. The summed E-state index contributed by atoms with van der Waals surface area (Å²) in [5.74, 6) is -0.303. The van der Waals surface area contributed by atoms with Crippen molar-refractivity contribution in [2.45, 2.75) is 63.6 Å². The van der Waals surface area contributed by atoms with Crippen molar-refractivity contribution in [2.75, 3.05) is 19.6 Å². The number of aromatic nitrogens is 1. The van der Waals surface area contributed by atoms with Crippen LogP contribution in [0.4, 0.5) is 4.39 Å². The lowest BCUT2D eigenvalue weighted by molar-refractivity contribution is -0.170. The molecule has 6 nitrogen and oxygen atoms in total. The summed E-state index contributed by atoms with van der Waals surface area (Å²) in [6.07, 6.45) is 5.21. The Bertz CT molecular complexity index is 971. The first-order valence-corrected chi connectivity index (χ1v) is 11.0. The highest BCUT2D eigenvalue weighted by atomic mass is 19.1. The van der Waals surface area contributed by atoms with Crippen molar-refractivity contribution >= 4 is 22.7 Å². The Kier molecular flexibility index (Phi) is 4.61. The summed E-state index contributed by atoms with van der Waals surface area (Å²) < 4.78 is 14.1. The van der Waals surface area contributed by atoms with E-state index in [1.165, 1.54) is 6.07 Å². The largest absolute Gasteiger partial charge is 0.350 e. The van der Waals surface area contributed by atoms with Crippen LogP contribution in [0.25, 0.3) is 10.9 Å². The molecule has 2 aromatic rings. The molecule has 0 unspecified atom stereocenters. The number of amides is 2. The van der Waals surface area contributed by atoms with Gasteiger partial charge in [-0.1, -0.05) is 6.07 Å². The maximum Gasteiger partial charge on any atom is 0.267 e. The second-order valence-electron chi connectivity index (χ2n) is 9.38. The highest BCUT2D eigenvalue weighted by Gasteiger charge is 2.55. The maximum absolute atomic E-state index is 14.1. The SMILES string of the molecule is CC(=O)N1CCC12CN([C@H]1CCC[C@@H](NC(=O)c3cc4c(F)ccc(C)c4[nH]3)C1)C2. The molecule has 3 heterocycles. The van der Waals surface area contributed by atoms with Gasteiger partial charge in [-0.05, 0) is 56.7 Å². The highest BCUT2D eigenvalue weighted by Crippen LogP contribution is 2.42. The Labute approximate surface area is 175 Å². The topological polar surface area (TPSA) is 68.4 Å². The smallest absolute Gasteiger partial charge is 0.267 e. The standard InChI is InChI=1S/C23H29FN4O2/c1-14-6-7-19(24)18-11-20(26-21(14)18)22(30)25-16-4-3-5-17(10-16)27-12-23(13-27)8-9-28(23)15(2)29/h6-7,11,16-17,26H,3-5,8-10,12-13H2,1-2H3,(H,25,30)/t16-,17+/m1/s1. The summed E-state index contributed by atoms with van der Waals surface area (Å²) in [7, 11) is 0. The summed E-state index contributed by atoms with van der Waals surface area (Å²) in [5.41, 5.74) is 2.09. The molecule has 30 heavy (non-hydrogen) atoms. The van der Waals surface area contributed by atoms with Crippen LogP contribution in [0, 0.1) is 12.7 Å². The zero-order chi connectivity index (χ0) is 21.0. The van der Waals surface area contributed by atoms with Gasteiger partial charge in [-0.2, -0.15) is 0 Å². The van der Waals surface area contributed by atoms with Crippen molar-refractivity contribution in [3.8, 4) is 0 Å². The first-order chi connectivity index (χ1) is 14.4. The number of fused-ring (bicyclic) bond motifs is 1. The number of rotatable bonds is 3. The molecule has 3 aliphatic rings. The number of carbonyl (C=O) groups is 2. The van der Waals surface area contributed by atoms with Gasteiger partial charge in [-0.15, -0.1) is 0 Å². The second-order valence-corrected chi connectivity index (χ2v) is 9.38. The molecular formula is C23H29FN4O2. The van der Waals surface area contributed by atoms with Gasteiger partial charge in [0, 0.05) is 44.0 Å².